The van der Waals surface area contributed by atoms with Crippen molar-refractivity contribution in [2.75, 3.05) is 17.7 Å². The zero-order valence-corrected chi connectivity index (χ0v) is 17.5. The molecule has 1 atom stereocenters. The molecular weight excluding hydrogens is 408 g/mol. The van der Waals surface area contributed by atoms with E-state index in [0.29, 0.717) is 39.7 Å². The minimum Gasteiger partial charge on any atom is -0.377 e. The van der Waals surface area contributed by atoms with Crippen molar-refractivity contribution in [2.24, 2.45) is 0 Å². The maximum atomic E-state index is 12.6. The number of hydrogen-bond donors (Lipinski definition) is 2. The quantitative estimate of drug-likeness (QED) is 0.637. The molecule has 0 bridgehead atoms. The highest BCUT2D eigenvalue weighted by Crippen LogP contribution is 2.30. The second-order valence-electron chi connectivity index (χ2n) is 6.36. The van der Waals surface area contributed by atoms with E-state index in [1.165, 1.54) is 30.5 Å². The van der Waals surface area contributed by atoms with E-state index in [1.54, 1.807) is 26.8 Å². The van der Waals surface area contributed by atoms with Gasteiger partial charge in [0.1, 0.15) is 6.07 Å². The van der Waals surface area contributed by atoms with Crippen LogP contribution in [0.1, 0.15) is 35.5 Å². The van der Waals surface area contributed by atoms with Crippen LogP contribution >= 0.6 is 11.6 Å². The molecule has 30 heavy (non-hydrogen) atoms. The summed E-state index contributed by atoms with van der Waals surface area (Å²) >= 11 is 6.28. The fraction of sp³-hybridized carbons (Fsp3) is 0.263. The fourth-order valence-electron chi connectivity index (χ4n) is 2.84. The number of nitrogens with zero attached hydrogens (tertiary/aromatic N) is 6. The van der Waals surface area contributed by atoms with Crippen molar-refractivity contribution in [3.8, 4) is 11.9 Å². The zero-order valence-electron chi connectivity index (χ0n) is 16.8. The number of aromatic nitrogens is 5. The van der Waals surface area contributed by atoms with Crippen molar-refractivity contribution in [3.63, 3.8) is 0 Å². The molecule has 154 valence electrons. The first-order valence-electron chi connectivity index (χ1n) is 8.90. The molecule has 0 spiro atoms. The number of halogens is 1. The average Bonchev–Trinajstić information content (AvgIpc) is 3.25. The van der Waals surface area contributed by atoms with E-state index >= 15 is 0 Å². The SMILES string of the molecule is CO[C@H](C)c1c(NC(=O)Nc2cc(Cl)c(-n3nccn3)nc2C)cnc(C)c1C#N. The number of ether oxygens (including phenoxy) is 1. The van der Waals surface area contributed by atoms with Crippen LogP contribution < -0.4 is 10.6 Å². The van der Waals surface area contributed by atoms with Crippen LogP contribution in [-0.2, 0) is 4.74 Å². The van der Waals surface area contributed by atoms with Gasteiger partial charge in [-0.2, -0.15) is 15.5 Å². The van der Waals surface area contributed by atoms with Gasteiger partial charge >= 0.3 is 6.03 Å². The first-order valence-corrected chi connectivity index (χ1v) is 9.27. The number of anilines is 2. The molecule has 3 aromatic heterocycles. The normalized spacial score (nSPS) is 11.6. The molecule has 0 saturated heterocycles. The molecule has 3 aromatic rings. The van der Waals surface area contributed by atoms with Gasteiger partial charge in [-0.25, -0.2) is 9.78 Å². The lowest BCUT2D eigenvalue weighted by molar-refractivity contribution is 0.120. The zero-order chi connectivity index (χ0) is 21.8. The summed E-state index contributed by atoms with van der Waals surface area (Å²) in [6.45, 7) is 5.23. The molecule has 2 N–H and O–H groups in total. The van der Waals surface area contributed by atoms with Crippen molar-refractivity contribution >= 4 is 29.0 Å². The third-order valence-corrected chi connectivity index (χ3v) is 4.71. The van der Waals surface area contributed by atoms with Crippen LogP contribution in [0.2, 0.25) is 5.02 Å². The molecule has 0 aromatic carbocycles. The molecule has 0 unspecified atom stereocenters. The highest BCUT2D eigenvalue weighted by atomic mass is 35.5. The Morgan fingerprint density at radius 3 is 2.53 bits per heavy atom. The Bertz CT molecular complexity index is 1120. The summed E-state index contributed by atoms with van der Waals surface area (Å²) in [5, 5.41) is 23.2. The van der Waals surface area contributed by atoms with Crippen molar-refractivity contribution in [1.82, 2.24) is 25.0 Å². The highest BCUT2D eigenvalue weighted by Gasteiger charge is 2.20. The Balaban J connectivity index is 1.87. The summed E-state index contributed by atoms with van der Waals surface area (Å²) in [5.74, 6) is 0.350. The minimum atomic E-state index is -0.542. The molecular formula is C19H19ClN8O2. The lowest BCUT2D eigenvalue weighted by Gasteiger charge is -2.18. The predicted molar refractivity (Wildman–Crippen MR) is 111 cm³/mol. The van der Waals surface area contributed by atoms with E-state index in [2.05, 4.69) is 36.9 Å². The standard InChI is InChI=1S/C19H19ClN8O2/c1-10-13(8-21)17(12(3)30-4)16(9-22-10)27-19(29)26-15-7-14(20)18(25-11(15)2)28-23-5-6-24-28/h5-7,9,12H,1-4H3,(H2,26,27,29)/t12-/m1/s1. The molecule has 0 aliphatic carbocycles. The molecule has 0 radical (unpaired) electrons. The fourth-order valence-corrected chi connectivity index (χ4v) is 3.07. The monoisotopic (exact) mass is 426 g/mol. The van der Waals surface area contributed by atoms with Crippen LogP contribution in [0, 0.1) is 25.2 Å². The molecule has 0 fully saturated rings. The number of carbonyl (C=O) groups is 1. The number of aryl methyl sites for hydroxylation is 2. The van der Waals surface area contributed by atoms with Gasteiger partial charge in [-0.05, 0) is 26.8 Å². The summed E-state index contributed by atoms with van der Waals surface area (Å²) < 4.78 is 5.37. The first kappa shape index (κ1) is 21.2. The topological polar surface area (TPSA) is 131 Å². The van der Waals surface area contributed by atoms with E-state index in [0.717, 1.165) is 0 Å². The molecule has 0 aliphatic rings. The molecule has 3 heterocycles. The van der Waals surface area contributed by atoms with Gasteiger partial charge in [0.05, 0.1) is 58.0 Å². The maximum absolute atomic E-state index is 12.6. The molecule has 2 amide bonds. The molecule has 3 rings (SSSR count). The van der Waals surface area contributed by atoms with Crippen LogP contribution in [0.15, 0.2) is 24.7 Å². The van der Waals surface area contributed by atoms with E-state index in [4.69, 9.17) is 16.3 Å². The summed E-state index contributed by atoms with van der Waals surface area (Å²) in [4.78, 5) is 22.5. The van der Waals surface area contributed by atoms with Crippen LogP contribution in [0.5, 0.6) is 0 Å². The summed E-state index contributed by atoms with van der Waals surface area (Å²) in [6, 6.07) is 3.15. The van der Waals surface area contributed by atoms with Gasteiger partial charge in [-0.15, -0.1) is 4.80 Å². The number of urea groups is 1. The minimum absolute atomic E-state index is 0.268. The number of carbonyl (C=O) groups excluding carboxylic acids is 1. The van der Waals surface area contributed by atoms with E-state index in [9.17, 15) is 10.1 Å². The predicted octanol–water partition coefficient (Wildman–Crippen LogP) is 3.55. The van der Waals surface area contributed by atoms with Crippen molar-refractivity contribution in [2.45, 2.75) is 26.9 Å². The van der Waals surface area contributed by atoms with Crippen LogP contribution in [0.3, 0.4) is 0 Å². The van der Waals surface area contributed by atoms with Gasteiger partial charge in [0.15, 0.2) is 5.82 Å². The first-order chi connectivity index (χ1) is 14.3. The Kier molecular flexibility index (Phi) is 6.25. The number of methoxy groups -OCH3 is 1. The molecule has 11 heteroatoms. The number of rotatable bonds is 5. The van der Waals surface area contributed by atoms with E-state index in [-0.39, 0.29) is 5.02 Å². The van der Waals surface area contributed by atoms with Gasteiger partial charge in [-0.3, -0.25) is 4.98 Å². The second kappa shape index (κ2) is 8.86. The number of pyridine rings is 2. The largest absolute Gasteiger partial charge is 0.377 e. The second-order valence-corrected chi connectivity index (χ2v) is 6.77. The Hall–Kier alpha value is -3.55. The summed E-state index contributed by atoms with van der Waals surface area (Å²) in [5.41, 5.74) is 2.77. The maximum Gasteiger partial charge on any atom is 0.323 e. The van der Waals surface area contributed by atoms with Crippen molar-refractivity contribution < 1.29 is 9.53 Å². The summed E-state index contributed by atoms with van der Waals surface area (Å²) in [6.07, 6.45) is 4.09. The van der Waals surface area contributed by atoms with Crippen molar-refractivity contribution in [3.05, 3.63) is 52.2 Å². The van der Waals surface area contributed by atoms with Gasteiger partial charge in [0.2, 0.25) is 0 Å². The number of hydrogen-bond acceptors (Lipinski definition) is 7. The Morgan fingerprint density at radius 2 is 1.90 bits per heavy atom. The average molecular weight is 427 g/mol. The number of amides is 2. The van der Waals surface area contributed by atoms with Gasteiger partial charge in [0.25, 0.3) is 0 Å². The van der Waals surface area contributed by atoms with Gasteiger partial charge in [0, 0.05) is 12.7 Å². The smallest absolute Gasteiger partial charge is 0.323 e. The third kappa shape index (κ3) is 4.22. The van der Waals surface area contributed by atoms with E-state index < -0.39 is 12.1 Å². The number of nitrogens with one attached hydrogen (secondary N) is 2. The summed E-state index contributed by atoms with van der Waals surface area (Å²) in [7, 11) is 1.53. The lowest BCUT2D eigenvalue weighted by atomic mass is 10.0. The van der Waals surface area contributed by atoms with Gasteiger partial charge in [-0.1, -0.05) is 11.6 Å². The van der Waals surface area contributed by atoms with Gasteiger partial charge < -0.3 is 15.4 Å². The van der Waals surface area contributed by atoms with Crippen LogP contribution in [0.4, 0.5) is 16.2 Å². The Labute approximate surface area is 177 Å². The lowest BCUT2D eigenvalue weighted by Crippen LogP contribution is -2.22. The highest BCUT2D eigenvalue weighted by molar-refractivity contribution is 6.32. The van der Waals surface area contributed by atoms with Crippen LogP contribution in [-0.4, -0.2) is 38.1 Å². The Morgan fingerprint density at radius 1 is 1.23 bits per heavy atom. The molecule has 0 aliphatic heterocycles. The van der Waals surface area contributed by atoms with Crippen molar-refractivity contribution in [1.29, 1.82) is 5.26 Å². The van der Waals surface area contributed by atoms with Crippen LogP contribution in [0.25, 0.3) is 5.82 Å². The number of nitriles is 1. The van der Waals surface area contributed by atoms with E-state index in [1.807, 2.05) is 0 Å². The molecule has 10 nitrogen and oxygen atoms in total. The third-order valence-electron chi connectivity index (χ3n) is 4.43. The molecule has 0 saturated carbocycles.